The van der Waals surface area contributed by atoms with Crippen LogP contribution in [0.5, 0.6) is 0 Å². The molecular weight excluding hydrogens is 179 g/mol. The van der Waals surface area contributed by atoms with Gasteiger partial charge in [0.15, 0.2) is 0 Å². The third-order valence-electron chi connectivity index (χ3n) is 2.81. The van der Waals surface area contributed by atoms with Gasteiger partial charge in [-0.05, 0) is 30.4 Å². The van der Waals surface area contributed by atoms with Crippen molar-refractivity contribution in [2.24, 2.45) is 5.92 Å². The first-order chi connectivity index (χ1) is 6.75. The number of benzene rings is 1. The summed E-state index contributed by atoms with van der Waals surface area (Å²) in [7, 11) is 0. The van der Waals surface area contributed by atoms with Crippen LogP contribution in [0.25, 0.3) is 0 Å². The van der Waals surface area contributed by atoms with Gasteiger partial charge in [-0.25, -0.2) is 4.39 Å². The Morgan fingerprint density at radius 3 is 2.79 bits per heavy atom. The minimum atomic E-state index is -0.146. The SMILES string of the molecule is O=C1CCC(Cc2ccccc2F)C1. The maximum atomic E-state index is 13.3. The summed E-state index contributed by atoms with van der Waals surface area (Å²) in [6.07, 6.45) is 2.94. The van der Waals surface area contributed by atoms with E-state index in [4.69, 9.17) is 0 Å². The summed E-state index contributed by atoms with van der Waals surface area (Å²) in [5.41, 5.74) is 0.743. The van der Waals surface area contributed by atoms with Crippen molar-refractivity contribution in [3.63, 3.8) is 0 Å². The second-order valence-corrected chi connectivity index (χ2v) is 3.94. The second-order valence-electron chi connectivity index (χ2n) is 3.94. The predicted molar refractivity (Wildman–Crippen MR) is 52.5 cm³/mol. The van der Waals surface area contributed by atoms with E-state index in [2.05, 4.69) is 0 Å². The van der Waals surface area contributed by atoms with Gasteiger partial charge in [0.05, 0.1) is 0 Å². The summed E-state index contributed by atoms with van der Waals surface area (Å²) in [5, 5.41) is 0. The molecule has 1 saturated carbocycles. The van der Waals surface area contributed by atoms with E-state index in [0.29, 0.717) is 31.0 Å². The molecule has 2 rings (SSSR count). The number of ketones is 1. The molecule has 0 heterocycles. The van der Waals surface area contributed by atoms with Crippen LogP contribution in [-0.2, 0) is 11.2 Å². The zero-order valence-electron chi connectivity index (χ0n) is 8.00. The standard InChI is InChI=1S/C12H13FO/c13-12-4-2-1-3-10(12)7-9-5-6-11(14)8-9/h1-4,9H,5-8H2. The van der Waals surface area contributed by atoms with Gasteiger partial charge in [0.25, 0.3) is 0 Å². The highest BCUT2D eigenvalue weighted by Gasteiger charge is 2.22. The molecule has 1 nitrogen and oxygen atoms in total. The highest BCUT2D eigenvalue weighted by atomic mass is 19.1. The zero-order chi connectivity index (χ0) is 9.97. The largest absolute Gasteiger partial charge is 0.300 e. The number of hydrogen-bond acceptors (Lipinski definition) is 1. The normalized spacial score (nSPS) is 21.5. The maximum Gasteiger partial charge on any atom is 0.133 e. The average Bonchev–Trinajstić information content (AvgIpc) is 2.56. The number of rotatable bonds is 2. The Bertz CT molecular complexity index is 346. The first-order valence-electron chi connectivity index (χ1n) is 5.01. The van der Waals surface area contributed by atoms with Gasteiger partial charge in [0, 0.05) is 12.8 Å². The molecule has 0 aliphatic heterocycles. The van der Waals surface area contributed by atoms with E-state index >= 15 is 0 Å². The predicted octanol–water partition coefficient (Wildman–Crippen LogP) is 2.74. The molecule has 14 heavy (non-hydrogen) atoms. The number of hydrogen-bond donors (Lipinski definition) is 0. The van der Waals surface area contributed by atoms with Gasteiger partial charge in [0.2, 0.25) is 0 Å². The Balaban J connectivity index is 2.04. The molecule has 1 aliphatic carbocycles. The number of Topliss-reactive ketones (excluding diaryl/α,β-unsaturated/α-hetero) is 1. The third kappa shape index (κ3) is 2.00. The number of carbonyl (C=O) groups excluding carboxylic acids is 1. The van der Waals surface area contributed by atoms with E-state index in [1.807, 2.05) is 6.07 Å². The Morgan fingerprint density at radius 2 is 2.14 bits per heavy atom. The van der Waals surface area contributed by atoms with Gasteiger partial charge in [-0.1, -0.05) is 18.2 Å². The number of carbonyl (C=O) groups is 1. The van der Waals surface area contributed by atoms with Crippen LogP contribution in [0.1, 0.15) is 24.8 Å². The van der Waals surface area contributed by atoms with E-state index < -0.39 is 0 Å². The molecule has 0 bridgehead atoms. The van der Waals surface area contributed by atoms with Crippen molar-refractivity contribution < 1.29 is 9.18 Å². The van der Waals surface area contributed by atoms with Gasteiger partial charge >= 0.3 is 0 Å². The fourth-order valence-electron chi connectivity index (χ4n) is 2.04. The minimum absolute atomic E-state index is 0.146. The quantitative estimate of drug-likeness (QED) is 0.704. The Morgan fingerprint density at radius 1 is 1.36 bits per heavy atom. The molecule has 1 atom stereocenters. The lowest BCUT2D eigenvalue weighted by Gasteiger charge is -2.08. The van der Waals surface area contributed by atoms with E-state index in [-0.39, 0.29) is 5.82 Å². The van der Waals surface area contributed by atoms with Crippen LogP contribution >= 0.6 is 0 Å². The topological polar surface area (TPSA) is 17.1 Å². The number of halogens is 1. The van der Waals surface area contributed by atoms with Crippen LogP contribution in [0.15, 0.2) is 24.3 Å². The summed E-state index contributed by atoms with van der Waals surface area (Å²) < 4.78 is 13.3. The molecule has 1 fully saturated rings. The Labute approximate surface area is 82.9 Å². The molecular formula is C12H13FO. The van der Waals surface area contributed by atoms with Gasteiger partial charge in [-0.15, -0.1) is 0 Å². The van der Waals surface area contributed by atoms with E-state index in [1.54, 1.807) is 12.1 Å². The molecule has 74 valence electrons. The van der Waals surface area contributed by atoms with Crippen LogP contribution in [0.4, 0.5) is 4.39 Å². The van der Waals surface area contributed by atoms with Crippen LogP contribution < -0.4 is 0 Å². The van der Waals surface area contributed by atoms with Gasteiger partial charge in [-0.3, -0.25) is 4.79 Å². The molecule has 1 aromatic rings. The summed E-state index contributed by atoms with van der Waals surface area (Å²) in [6, 6.07) is 6.82. The first-order valence-corrected chi connectivity index (χ1v) is 5.01. The molecule has 1 aromatic carbocycles. The van der Waals surface area contributed by atoms with Crippen LogP contribution in [-0.4, -0.2) is 5.78 Å². The summed E-state index contributed by atoms with van der Waals surface area (Å²) >= 11 is 0. The van der Waals surface area contributed by atoms with E-state index in [9.17, 15) is 9.18 Å². The Kier molecular flexibility index (Phi) is 2.62. The second kappa shape index (κ2) is 3.91. The lowest BCUT2D eigenvalue weighted by Crippen LogP contribution is -2.02. The zero-order valence-corrected chi connectivity index (χ0v) is 8.00. The van der Waals surface area contributed by atoms with Crippen molar-refractivity contribution >= 4 is 5.78 Å². The smallest absolute Gasteiger partial charge is 0.133 e. The van der Waals surface area contributed by atoms with Crippen molar-refractivity contribution in [1.82, 2.24) is 0 Å². The molecule has 0 aromatic heterocycles. The highest BCUT2D eigenvalue weighted by molar-refractivity contribution is 5.80. The average molecular weight is 192 g/mol. The Hall–Kier alpha value is -1.18. The maximum absolute atomic E-state index is 13.3. The summed E-state index contributed by atoms with van der Waals surface area (Å²) in [4.78, 5) is 11.0. The third-order valence-corrected chi connectivity index (χ3v) is 2.81. The van der Waals surface area contributed by atoms with Crippen LogP contribution in [0.2, 0.25) is 0 Å². The van der Waals surface area contributed by atoms with E-state index in [1.165, 1.54) is 6.07 Å². The molecule has 0 N–H and O–H groups in total. The van der Waals surface area contributed by atoms with Crippen LogP contribution in [0.3, 0.4) is 0 Å². The molecule has 0 amide bonds. The van der Waals surface area contributed by atoms with E-state index in [0.717, 1.165) is 12.0 Å². The fourth-order valence-corrected chi connectivity index (χ4v) is 2.04. The fraction of sp³-hybridized carbons (Fsp3) is 0.417. The lowest BCUT2D eigenvalue weighted by molar-refractivity contribution is -0.117. The van der Waals surface area contributed by atoms with Crippen molar-refractivity contribution in [3.8, 4) is 0 Å². The molecule has 2 heteroatoms. The summed E-state index contributed by atoms with van der Waals surface area (Å²) in [6.45, 7) is 0. The van der Waals surface area contributed by atoms with Crippen molar-refractivity contribution in [3.05, 3.63) is 35.6 Å². The van der Waals surface area contributed by atoms with Gasteiger partial charge in [-0.2, -0.15) is 0 Å². The highest BCUT2D eigenvalue weighted by Crippen LogP contribution is 2.26. The first kappa shape index (κ1) is 9.38. The molecule has 1 aliphatic rings. The monoisotopic (exact) mass is 192 g/mol. The lowest BCUT2D eigenvalue weighted by atomic mass is 9.98. The van der Waals surface area contributed by atoms with Gasteiger partial charge < -0.3 is 0 Å². The molecule has 1 unspecified atom stereocenters. The van der Waals surface area contributed by atoms with Gasteiger partial charge in [0.1, 0.15) is 11.6 Å². The van der Waals surface area contributed by atoms with Crippen molar-refractivity contribution in [2.75, 3.05) is 0 Å². The molecule has 0 radical (unpaired) electrons. The molecule has 0 spiro atoms. The van der Waals surface area contributed by atoms with Crippen molar-refractivity contribution in [2.45, 2.75) is 25.7 Å². The van der Waals surface area contributed by atoms with Crippen molar-refractivity contribution in [1.29, 1.82) is 0 Å². The molecule has 0 saturated heterocycles. The minimum Gasteiger partial charge on any atom is -0.300 e. The van der Waals surface area contributed by atoms with Crippen LogP contribution in [0, 0.1) is 11.7 Å². The summed E-state index contributed by atoms with van der Waals surface area (Å²) in [5.74, 6) is 0.539.